The van der Waals surface area contributed by atoms with Gasteiger partial charge in [0.15, 0.2) is 0 Å². The number of hydrogen-bond acceptors (Lipinski definition) is 7. The molecule has 1 unspecified atom stereocenters. The van der Waals surface area contributed by atoms with Crippen molar-refractivity contribution in [3.8, 4) is 17.2 Å². The Kier molecular flexibility index (Phi) is 6.15. The molecule has 1 aliphatic heterocycles. The molecule has 0 bridgehead atoms. The van der Waals surface area contributed by atoms with E-state index in [1.54, 1.807) is 43.5 Å². The van der Waals surface area contributed by atoms with Crippen molar-refractivity contribution in [1.82, 2.24) is 15.1 Å². The summed E-state index contributed by atoms with van der Waals surface area (Å²) in [5.41, 5.74) is 1.52. The van der Waals surface area contributed by atoms with Crippen LogP contribution >= 0.6 is 0 Å². The first kappa shape index (κ1) is 20.1. The summed E-state index contributed by atoms with van der Waals surface area (Å²) < 4.78 is 37.7. The van der Waals surface area contributed by atoms with Gasteiger partial charge in [-0.1, -0.05) is 0 Å². The van der Waals surface area contributed by atoms with Crippen molar-refractivity contribution in [2.45, 2.75) is 10.9 Å². The maximum atomic E-state index is 12.9. The fourth-order valence-electron chi connectivity index (χ4n) is 2.87. The molecule has 3 N–H and O–H groups in total. The van der Waals surface area contributed by atoms with Crippen molar-refractivity contribution in [2.24, 2.45) is 0 Å². The number of methoxy groups -OCH3 is 1. The SMILES string of the molecule is COc1ccc(Oc2ccc(S(=O)(=O)N3CCNCC3C(=O)NO)cc2)cc1. The number of hydrogen-bond donors (Lipinski definition) is 3. The van der Waals surface area contributed by atoms with E-state index in [9.17, 15) is 13.2 Å². The molecule has 0 aromatic heterocycles. The van der Waals surface area contributed by atoms with E-state index in [1.807, 2.05) is 0 Å². The number of carbonyl (C=O) groups is 1. The summed E-state index contributed by atoms with van der Waals surface area (Å²) in [6.07, 6.45) is 0. The van der Waals surface area contributed by atoms with E-state index in [-0.39, 0.29) is 18.0 Å². The monoisotopic (exact) mass is 407 g/mol. The van der Waals surface area contributed by atoms with Gasteiger partial charge in [0.25, 0.3) is 5.91 Å². The average molecular weight is 407 g/mol. The Morgan fingerprint density at radius 2 is 1.68 bits per heavy atom. The van der Waals surface area contributed by atoms with E-state index in [2.05, 4.69) is 5.32 Å². The summed E-state index contributed by atoms with van der Waals surface area (Å²) in [5, 5.41) is 11.8. The van der Waals surface area contributed by atoms with Crippen molar-refractivity contribution < 1.29 is 27.9 Å². The van der Waals surface area contributed by atoms with E-state index < -0.39 is 22.0 Å². The predicted molar refractivity (Wildman–Crippen MR) is 100.0 cm³/mol. The number of piperazine rings is 1. The van der Waals surface area contributed by atoms with Crippen LogP contribution in [0.25, 0.3) is 0 Å². The number of nitrogens with zero attached hydrogens (tertiary/aromatic N) is 1. The van der Waals surface area contributed by atoms with E-state index in [1.165, 1.54) is 17.6 Å². The minimum absolute atomic E-state index is 0.0345. The lowest BCUT2D eigenvalue weighted by Gasteiger charge is -2.33. The van der Waals surface area contributed by atoms with E-state index in [0.717, 1.165) is 4.31 Å². The average Bonchev–Trinajstić information content (AvgIpc) is 2.74. The van der Waals surface area contributed by atoms with Gasteiger partial charge in [0.2, 0.25) is 10.0 Å². The number of benzene rings is 2. The van der Waals surface area contributed by atoms with Crippen LogP contribution in [0.1, 0.15) is 0 Å². The number of carbonyl (C=O) groups excluding carboxylic acids is 1. The van der Waals surface area contributed by atoms with Crippen LogP contribution < -0.4 is 20.3 Å². The minimum atomic E-state index is -3.92. The number of ether oxygens (including phenoxy) is 2. The number of rotatable bonds is 6. The largest absolute Gasteiger partial charge is 0.497 e. The lowest BCUT2D eigenvalue weighted by Crippen LogP contribution is -2.59. The zero-order valence-electron chi connectivity index (χ0n) is 15.2. The summed E-state index contributed by atoms with van der Waals surface area (Å²) >= 11 is 0. The van der Waals surface area contributed by atoms with Crippen molar-refractivity contribution >= 4 is 15.9 Å². The van der Waals surface area contributed by atoms with Gasteiger partial charge in [0, 0.05) is 19.6 Å². The molecule has 28 heavy (non-hydrogen) atoms. The standard InChI is InChI=1S/C18H21N3O6S/c1-26-13-2-4-14(5-3-13)27-15-6-8-16(9-7-15)28(24,25)21-11-10-19-12-17(21)18(22)20-23/h2-9,17,19,23H,10-12H2,1H3,(H,20,22). The van der Waals surface area contributed by atoms with E-state index in [0.29, 0.717) is 23.8 Å². The van der Waals surface area contributed by atoms with Crippen molar-refractivity contribution in [3.63, 3.8) is 0 Å². The molecule has 0 saturated carbocycles. The van der Waals surface area contributed by atoms with Crippen molar-refractivity contribution in [3.05, 3.63) is 48.5 Å². The third-order valence-corrected chi connectivity index (χ3v) is 6.25. The van der Waals surface area contributed by atoms with Gasteiger partial charge in [-0.05, 0) is 48.5 Å². The molecule has 1 fully saturated rings. The van der Waals surface area contributed by atoms with Crippen LogP contribution in [0.2, 0.25) is 0 Å². The molecule has 0 aliphatic carbocycles. The van der Waals surface area contributed by atoms with Gasteiger partial charge >= 0.3 is 0 Å². The fraction of sp³-hybridized carbons (Fsp3) is 0.278. The molecule has 1 heterocycles. The van der Waals surface area contributed by atoms with Crippen LogP contribution in [0.4, 0.5) is 0 Å². The van der Waals surface area contributed by atoms with Gasteiger partial charge in [-0.15, -0.1) is 0 Å². The van der Waals surface area contributed by atoms with Crippen LogP contribution in [0.5, 0.6) is 17.2 Å². The highest BCUT2D eigenvalue weighted by Gasteiger charge is 2.37. The van der Waals surface area contributed by atoms with Crippen LogP contribution in [0.15, 0.2) is 53.4 Å². The number of nitrogens with one attached hydrogen (secondary N) is 2. The third-order valence-electron chi connectivity index (χ3n) is 4.33. The van der Waals surface area contributed by atoms with Crippen LogP contribution in [0, 0.1) is 0 Å². The first-order valence-corrected chi connectivity index (χ1v) is 9.98. The van der Waals surface area contributed by atoms with Gasteiger partial charge in [0.05, 0.1) is 12.0 Å². The molecule has 0 radical (unpaired) electrons. The van der Waals surface area contributed by atoms with Gasteiger partial charge < -0.3 is 14.8 Å². The lowest BCUT2D eigenvalue weighted by atomic mass is 10.2. The molecule has 2 aromatic rings. The first-order chi connectivity index (χ1) is 13.5. The molecule has 9 nitrogen and oxygen atoms in total. The quantitative estimate of drug-likeness (QED) is 0.482. The van der Waals surface area contributed by atoms with Crippen molar-refractivity contribution in [1.29, 1.82) is 0 Å². The Morgan fingerprint density at radius 3 is 2.25 bits per heavy atom. The second-order valence-corrected chi connectivity index (χ2v) is 7.95. The van der Waals surface area contributed by atoms with Gasteiger partial charge in [-0.25, -0.2) is 13.9 Å². The van der Waals surface area contributed by atoms with E-state index >= 15 is 0 Å². The third kappa shape index (κ3) is 4.25. The molecule has 3 rings (SSSR count). The number of hydroxylamine groups is 1. The second-order valence-electron chi connectivity index (χ2n) is 6.06. The Balaban J connectivity index is 1.78. The van der Waals surface area contributed by atoms with Gasteiger partial charge in [0.1, 0.15) is 23.3 Å². The molecule has 1 atom stereocenters. The topological polar surface area (TPSA) is 117 Å². The zero-order valence-corrected chi connectivity index (χ0v) is 16.0. The summed E-state index contributed by atoms with van der Waals surface area (Å²) in [6, 6.07) is 11.9. The maximum absolute atomic E-state index is 12.9. The first-order valence-electron chi connectivity index (χ1n) is 8.54. The smallest absolute Gasteiger partial charge is 0.263 e. The highest BCUT2D eigenvalue weighted by molar-refractivity contribution is 7.89. The zero-order chi connectivity index (χ0) is 20.1. The number of sulfonamides is 1. The van der Waals surface area contributed by atoms with Gasteiger partial charge in [-0.3, -0.25) is 10.0 Å². The molecular weight excluding hydrogens is 386 g/mol. The van der Waals surface area contributed by atoms with Crippen LogP contribution in [0.3, 0.4) is 0 Å². The normalized spacial score (nSPS) is 17.7. The molecule has 2 aromatic carbocycles. The molecule has 150 valence electrons. The number of amides is 1. The van der Waals surface area contributed by atoms with Crippen molar-refractivity contribution in [2.75, 3.05) is 26.7 Å². The molecule has 1 amide bonds. The Bertz CT molecular complexity index is 915. The van der Waals surface area contributed by atoms with Crippen LogP contribution in [-0.4, -0.2) is 56.6 Å². The summed E-state index contributed by atoms with van der Waals surface area (Å²) in [6.45, 7) is 0.641. The van der Waals surface area contributed by atoms with Gasteiger partial charge in [-0.2, -0.15) is 4.31 Å². The Morgan fingerprint density at radius 1 is 1.11 bits per heavy atom. The molecule has 1 aliphatic rings. The Labute approximate surface area is 162 Å². The molecular formula is C18H21N3O6S. The predicted octanol–water partition coefficient (Wildman–Crippen LogP) is 0.955. The van der Waals surface area contributed by atoms with Crippen LogP contribution in [-0.2, 0) is 14.8 Å². The van der Waals surface area contributed by atoms with E-state index in [4.69, 9.17) is 14.7 Å². The highest BCUT2D eigenvalue weighted by atomic mass is 32.2. The fourth-order valence-corrected chi connectivity index (χ4v) is 4.45. The Hall–Kier alpha value is -2.66. The highest BCUT2D eigenvalue weighted by Crippen LogP contribution is 2.26. The second kappa shape index (κ2) is 8.57. The molecule has 1 saturated heterocycles. The summed E-state index contributed by atoms with van der Waals surface area (Å²) in [5.74, 6) is 0.966. The summed E-state index contributed by atoms with van der Waals surface area (Å²) in [7, 11) is -2.34. The molecule has 10 heteroatoms. The summed E-state index contributed by atoms with van der Waals surface area (Å²) in [4.78, 5) is 11.9. The molecule has 0 spiro atoms. The maximum Gasteiger partial charge on any atom is 0.263 e. The minimum Gasteiger partial charge on any atom is -0.497 e. The lowest BCUT2D eigenvalue weighted by molar-refractivity contribution is -0.133.